The van der Waals surface area contributed by atoms with E-state index in [0.29, 0.717) is 0 Å². The largest absolute Gasteiger partial charge is 0.0884 e. The molecule has 0 aliphatic heterocycles. The zero-order chi connectivity index (χ0) is 6.15. The average molecular weight is 109 g/mol. The van der Waals surface area contributed by atoms with Crippen molar-refractivity contribution in [1.29, 1.82) is 0 Å². The molecule has 0 bridgehead atoms. The van der Waals surface area contributed by atoms with Crippen LogP contribution in [0, 0.1) is 11.8 Å². The molecule has 45 valence electrons. The molecule has 0 heterocycles. The minimum Gasteiger partial charge on any atom is -0.0884 e. The van der Waals surface area contributed by atoms with Crippen LogP contribution in [-0.4, -0.2) is 0 Å². The van der Waals surface area contributed by atoms with E-state index in [1.54, 1.807) is 11.5 Å². The first kappa shape index (κ1) is 5.87. The van der Waals surface area contributed by atoms with Crippen LogP contribution in [0.25, 0.3) is 0 Å². The van der Waals surface area contributed by atoms with Crippen LogP contribution < -0.4 is 0 Å². The average Bonchev–Trinajstić information content (AvgIpc) is 2.45. The summed E-state index contributed by atoms with van der Waals surface area (Å²) in [6, 6.07) is 0. The van der Waals surface area contributed by atoms with Crippen LogP contribution in [0.1, 0.15) is 27.2 Å². The molecule has 0 saturated heterocycles. The van der Waals surface area contributed by atoms with Crippen molar-refractivity contribution in [2.75, 3.05) is 0 Å². The summed E-state index contributed by atoms with van der Waals surface area (Å²) in [4.78, 5) is 0. The molecule has 1 saturated carbocycles. The maximum atomic E-state index is 2.23. The van der Waals surface area contributed by atoms with Gasteiger partial charge in [0.05, 0.1) is 0 Å². The Morgan fingerprint density at radius 3 is 2.38 bits per heavy atom. The zero-order valence-corrected chi connectivity index (χ0v) is 5.86. The third-order valence-electron chi connectivity index (χ3n) is 1.97. The summed E-state index contributed by atoms with van der Waals surface area (Å²) in [5, 5.41) is 0. The number of allylic oxidation sites excluding steroid dienone is 2. The molecule has 0 N–H and O–H groups in total. The van der Waals surface area contributed by atoms with E-state index in [2.05, 4.69) is 26.8 Å². The molecule has 1 atom stereocenters. The van der Waals surface area contributed by atoms with E-state index in [0.717, 1.165) is 5.92 Å². The fourth-order valence-electron chi connectivity index (χ4n) is 1.01. The topological polar surface area (TPSA) is 0 Å². The van der Waals surface area contributed by atoms with Crippen molar-refractivity contribution in [3.63, 3.8) is 0 Å². The summed E-state index contributed by atoms with van der Waals surface area (Å²) in [5.74, 6) is 2.51. The molecule has 1 aliphatic rings. The standard InChI is InChI=1S/C8H13/c1-4-6(2)8-5-7(8)3/h4,8H,5H2,1-3H3. The van der Waals surface area contributed by atoms with E-state index < -0.39 is 0 Å². The molecular formula is C8H13. The lowest BCUT2D eigenvalue weighted by atomic mass is 10.1. The van der Waals surface area contributed by atoms with Crippen molar-refractivity contribution in [1.82, 2.24) is 0 Å². The predicted molar refractivity (Wildman–Crippen MR) is 36.5 cm³/mol. The van der Waals surface area contributed by atoms with Crippen LogP contribution in [0.2, 0.25) is 0 Å². The van der Waals surface area contributed by atoms with E-state index in [1.165, 1.54) is 6.42 Å². The van der Waals surface area contributed by atoms with Gasteiger partial charge in [-0.15, -0.1) is 0 Å². The van der Waals surface area contributed by atoms with Gasteiger partial charge in [0.1, 0.15) is 0 Å². The van der Waals surface area contributed by atoms with Crippen LogP contribution in [0.4, 0.5) is 0 Å². The highest BCUT2D eigenvalue weighted by molar-refractivity contribution is 5.25. The highest BCUT2D eigenvalue weighted by atomic mass is 14.4. The molecule has 1 unspecified atom stereocenters. The predicted octanol–water partition coefficient (Wildman–Crippen LogP) is 2.57. The van der Waals surface area contributed by atoms with Gasteiger partial charge in [0, 0.05) is 0 Å². The van der Waals surface area contributed by atoms with E-state index in [4.69, 9.17) is 0 Å². The molecule has 1 fully saturated rings. The Morgan fingerprint density at radius 2 is 2.25 bits per heavy atom. The van der Waals surface area contributed by atoms with Crippen molar-refractivity contribution in [3.05, 3.63) is 17.6 Å². The summed E-state index contributed by atoms with van der Waals surface area (Å²) in [6.07, 6.45) is 3.55. The lowest BCUT2D eigenvalue weighted by Gasteiger charge is -1.91. The maximum Gasteiger partial charge on any atom is -0.0141 e. The Hall–Kier alpha value is -0.260. The van der Waals surface area contributed by atoms with Crippen LogP contribution in [0.5, 0.6) is 0 Å². The summed E-state index contributed by atoms with van der Waals surface area (Å²) in [6.45, 7) is 6.56. The molecule has 1 aliphatic carbocycles. The molecule has 0 spiro atoms. The van der Waals surface area contributed by atoms with E-state index in [-0.39, 0.29) is 0 Å². The van der Waals surface area contributed by atoms with Crippen LogP contribution in [0.3, 0.4) is 0 Å². The molecule has 0 aromatic carbocycles. The van der Waals surface area contributed by atoms with E-state index in [9.17, 15) is 0 Å². The molecule has 8 heavy (non-hydrogen) atoms. The third kappa shape index (κ3) is 0.936. The summed E-state index contributed by atoms with van der Waals surface area (Å²) >= 11 is 0. The van der Waals surface area contributed by atoms with Gasteiger partial charge < -0.3 is 0 Å². The van der Waals surface area contributed by atoms with Crippen LogP contribution >= 0.6 is 0 Å². The second-order valence-corrected chi connectivity index (χ2v) is 2.64. The lowest BCUT2D eigenvalue weighted by Crippen LogP contribution is -1.77. The SMILES string of the molecule is CC=C(C)C1C[C]1C. The first-order valence-corrected chi connectivity index (χ1v) is 3.21. The fraction of sp³-hybridized carbons (Fsp3) is 0.625. The second-order valence-electron chi connectivity index (χ2n) is 2.64. The fourth-order valence-corrected chi connectivity index (χ4v) is 1.01. The van der Waals surface area contributed by atoms with E-state index in [1.807, 2.05) is 0 Å². The monoisotopic (exact) mass is 109 g/mol. The van der Waals surface area contributed by atoms with Gasteiger partial charge in [-0.2, -0.15) is 0 Å². The van der Waals surface area contributed by atoms with Gasteiger partial charge in [-0.25, -0.2) is 0 Å². The quantitative estimate of drug-likeness (QED) is 0.454. The minimum absolute atomic E-state index is 0.861. The van der Waals surface area contributed by atoms with Gasteiger partial charge in [-0.1, -0.05) is 18.6 Å². The number of rotatable bonds is 1. The van der Waals surface area contributed by atoms with Crippen molar-refractivity contribution >= 4 is 0 Å². The Bertz CT molecular complexity index is 111. The molecule has 0 nitrogen and oxygen atoms in total. The van der Waals surface area contributed by atoms with Gasteiger partial charge >= 0.3 is 0 Å². The molecule has 0 amide bonds. The Kier molecular flexibility index (Phi) is 1.41. The minimum atomic E-state index is 0.861. The Balaban J connectivity index is 2.39. The van der Waals surface area contributed by atoms with Gasteiger partial charge in [-0.3, -0.25) is 0 Å². The van der Waals surface area contributed by atoms with Crippen molar-refractivity contribution in [2.45, 2.75) is 27.2 Å². The van der Waals surface area contributed by atoms with Crippen LogP contribution in [0.15, 0.2) is 11.6 Å². The lowest BCUT2D eigenvalue weighted by molar-refractivity contribution is 1.01. The highest BCUT2D eigenvalue weighted by Crippen LogP contribution is 2.45. The maximum absolute atomic E-state index is 2.23. The molecule has 0 aromatic rings. The molecular weight excluding hydrogens is 96.1 g/mol. The first-order chi connectivity index (χ1) is 3.75. The van der Waals surface area contributed by atoms with Gasteiger partial charge in [-0.05, 0) is 32.1 Å². The zero-order valence-electron chi connectivity index (χ0n) is 5.86. The number of hydrogen-bond acceptors (Lipinski definition) is 0. The first-order valence-electron chi connectivity index (χ1n) is 3.21. The molecule has 0 heteroatoms. The second kappa shape index (κ2) is 1.93. The van der Waals surface area contributed by atoms with E-state index >= 15 is 0 Å². The summed E-state index contributed by atoms with van der Waals surface area (Å²) < 4.78 is 0. The van der Waals surface area contributed by atoms with Crippen LogP contribution in [-0.2, 0) is 0 Å². The summed E-state index contributed by atoms with van der Waals surface area (Å²) in [7, 11) is 0. The normalized spacial score (nSPS) is 30.9. The summed E-state index contributed by atoms with van der Waals surface area (Å²) in [5.41, 5.74) is 1.54. The van der Waals surface area contributed by atoms with Gasteiger partial charge in [0.25, 0.3) is 0 Å². The Morgan fingerprint density at radius 1 is 1.75 bits per heavy atom. The van der Waals surface area contributed by atoms with Crippen molar-refractivity contribution in [2.24, 2.45) is 5.92 Å². The smallest absolute Gasteiger partial charge is 0.0141 e. The van der Waals surface area contributed by atoms with Crippen molar-refractivity contribution < 1.29 is 0 Å². The Labute approximate surface area is 51.6 Å². The molecule has 1 radical (unpaired) electrons. The number of hydrogen-bond donors (Lipinski definition) is 0. The van der Waals surface area contributed by atoms with Gasteiger partial charge in [0.2, 0.25) is 0 Å². The van der Waals surface area contributed by atoms with Crippen molar-refractivity contribution in [3.8, 4) is 0 Å². The highest BCUT2D eigenvalue weighted by Gasteiger charge is 2.33. The molecule has 0 aromatic heterocycles. The van der Waals surface area contributed by atoms with Gasteiger partial charge in [0.15, 0.2) is 0 Å². The third-order valence-corrected chi connectivity index (χ3v) is 1.97. The molecule has 1 rings (SSSR count).